The van der Waals surface area contributed by atoms with Gasteiger partial charge in [0.25, 0.3) is 0 Å². The van der Waals surface area contributed by atoms with Gasteiger partial charge in [-0.3, -0.25) is 0 Å². The van der Waals surface area contributed by atoms with Crippen LogP contribution in [-0.4, -0.2) is 12.3 Å². The highest BCUT2D eigenvalue weighted by Gasteiger charge is 2.21. The third-order valence-electron chi connectivity index (χ3n) is 3.62. The highest BCUT2D eigenvalue weighted by atomic mass is 32.2. The molecule has 0 amide bonds. The van der Waals surface area contributed by atoms with Gasteiger partial charge in [-0.05, 0) is 37.6 Å². The van der Waals surface area contributed by atoms with Gasteiger partial charge < -0.3 is 5.32 Å². The number of nitrogens with one attached hydrogen (secondary N) is 1. The number of hydrogen-bond donors (Lipinski definition) is 1. The van der Waals surface area contributed by atoms with Gasteiger partial charge in [0.1, 0.15) is 0 Å². The molecule has 0 aliphatic carbocycles. The first-order valence-corrected chi connectivity index (χ1v) is 8.08. The normalized spacial score (nSPS) is 13.9. The van der Waals surface area contributed by atoms with E-state index < -0.39 is 0 Å². The van der Waals surface area contributed by atoms with Gasteiger partial charge >= 0.3 is 0 Å². The summed E-state index contributed by atoms with van der Waals surface area (Å²) in [7, 11) is 2.05. The lowest BCUT2D eigenvalue weighted by molar-refractivity contribution is 0.555. The topological polar surface area (TPSA) is 12.0 Å². The molecule has 0 radical (unpaired) electrons. The first-order valence-electron chi connectivity index (χ1n) is 7.20. The fourth-order valence-electron chi connectivity index (χ4n) is 2.47. The van der Waals surface area contributed by atoms with E-state index in [1.165, 1.54) is 16.0 Å². The Hall–Kier alpha value is -1.25. The highest BCUT2D eigenvalue weighted by molar-refractivity contribution is 8.00. The van der Waals surface area contributed by atoms with Crippen LogP contribution in [0.3, 0.4) is 0 Å². The van der Waals surface area contributed by atoms with Gasteiger partial charge in [-0.15, -0.1) is 11.8 Å². The maximum Gasteiger partial charge on any atom is 0.0441 e. The van der Waals surface area contributed by atoms with E-state index in [1.54, 1.807) is 0 Å². The Balaban J connectivity index is 2.20. The van der Waals surface area contributed by atoms with Crippen molar-refractivity contribution in [3.8, 4) is 0 Å². The molecule has 0 heterocycles. The molecule has 106 valence electrons. The highest BCUT2D eigenvalue weighted by Crippen LogP contribution is 2.35. The van der Waals surface area contributed by atoms with Crippen LogP contribution in [0, 0.1) is 6.92 Å². The average Bonchev–Trinajstić information content (AvgIpc) is 2.50. The molecule has 2 aromatic carbocycles. The smallest absolute Gasteiger partial charge is 0.0441 e. The molecule has 2 aromatic rings. The molecule has 2 heteroatoms. The third-order valence-corrected chi connectivity index (χ3v) is 5.24. The molecule has 0 aliphatic rings. The second-order valence-electron chi connectivity index (χ2n) is 5.01. The molecule has 1 nitrogen and oxygen atoms in total. The molecule has 0 aliphatic heterocycles. The molecular weight excluding hydrogens is 262 g/mol. The van der Waals surface area contributed by atoms with Gasteiger partial charge in [0.15, 0.2) is 0 Å². The van der Waals surface area contributed by atoms with Crippen LogP contribution in [0.4, 0.5) is 0 Å². The van der Waals surface area contributed by atoms with Crippen molar-refractivity contribution >= 4 is 11.8 Å². The van der Waals surface area contributed by atoms with Crippen LogP contribution in [0.2, 0.25) is 0 Å². The van der Waals surface area contributed by atoms with Crippen molar-refractivity contribution in [1.29, 1.82) is 0 Å². The van der Waals surface area contributed by atoms with Gasteiger partial charge in [-0.25, -0.2) is 0 Å². The standard InChI is InChI=1S/C18H23NS/c1-4-16(20-17-13-9-8-10-14(17)2)18(19-3)15-11-6-5-7-12-15/h5-13,16,18-19H,4H2,1-3H3. The SMILES string of the molecule is CCC(Sc1ccccc1C)C(NC)c1ccccc1. The number of hydrogen-bond acceptors (Lipinski definition) is 2. The molecule has 2 unspecified atom stereocenters. The first kappa shape index (κ1) is 15.1. The molecule has 0 fully saturated rings. The summed E-state index contributed by atoms with van der Waals surface area (Å²) in [5, 5.41) is 4.02. The fourth-order valence-corrected chi connectivity index (χ4v) is 3.80. The van der Waals surface area contributed by atoms with Crippen molar-refractivity contribution < 1.29 is 0 Å². The van der Waals surface area contributed by atoms with Crippen LogP contribution in [-0.2, 0) is 0 Å². The quantitative estimate of drug-likeness (QED) is 0.763. The molecule has 2 atom stereocenters. The lowest BCUT2D eigenvalue weighted by Crippen LogP contribution is -2.27. The predicted molar refractivity (Wildman–Crippen MR) is 89.4 cm³/mol. The van der Waals surface area contributed by atoms with Gasteiger partial charge in [0.2, 0.25) is 0 Å². The average molecular weight is 285 g/mol. The van der Waals surface area contributed by atoms with E-state index in [4.69, 9.17) is 0 Å². The summed E-state index contributed by atoms with van der Waals surface area (Å²) in [6.45, 7) is 4.45. The zero-order chi connectivity index (χ0) is 14.4. The van der Waals surface area contributed by atoms with Crippen molar-refractivity contribution in [2.75, 3.05) is 7.05 Å². The van der Waals surface area contributed by atoms with Crippen molar-refractivity contribution in [1.82, 2.24) is 5.32 Å². The molecule has 0 saturated heterocycles. The molecule has 20 heavy (non-hydrogen) atoms. The summed E-state index contributed by atoms with van der Waals surface area (Å²) in [6.07, 6.45) is 1.14. The second-order valence-corrected chi connectivity index (χ2v) is 6.29. The van der Waals surface area contributed by atoms with Crippen molar-refractivity contribution in [2.45, 2.75) is 36.5 Å². The van der Waals surface area contributed by atoms with E-state index in [9.17, 15) is 0 Å². The van der Waals surface area contributed by atoms with Gasteiger partial charge in [-0.1, -0.05) is 55.5 Å². The summed E-state index contributed by atoms with van der Waals surface area (Å²) in [5.74, 6) is 0. The Kier molecular flexibility index (Phi) is 5.69. The molecule has 0 bridgehead atoms. The Labute approximate surface area is 126 Å². The monoisotopic (exact) mass is 285 g/mol. The summed E-state index contributed by atoms with van der Waals surface area (Å²) in [5.41, 5.74) is 2.72. The molecule has 2 rings (SSSR count). The molecule has 1 N–H and O–H groups in total. The van der Waals surface area contributed by atoms with Gasteiger partial charge in [0.05, 0.1) is 0 Å². The third kappa shape index (κ3) is 3.65. The molecular formula is C18H23NS. The van der Waals surface area contributed by atoms with Crippen molar-refractivity contribution in [3.05, 3.63) is 65.7 Å². The number of thioether (sulfide) groups is 1. The van der Waals surface area contributed by atoms with E-state index in [0.717, 1.165) is 6.42 Å². The minimum absolute atomic E-state index is 0.380. The molecule has 0 spiro atoms. The minimum atomic E-state index is 0.380. The number of aryl methyl sites for hydroxylation is 1. The van der Waals surface area contributed by atoms with Crippen molar-refractivity contribution in [3.63, 3.8) is 0 Å². The zero-order valence-electron chi connectivity index (χ0n) is 12.5. The van der Waals surface area contributed by atoms with Crippen molar-refractivity contribution in [2.24, 2.45) is 0 Å². The first-order chi connectivity index (χ1) is 9.76. The number of rotatable bonds is 6. The largest absolute Gasteiger partial charge is 0.312 e. The molecule has 0 aromatic heterocycles. The lowest BCUT2D eigenvalue weighted by Gasteiger charge is -2.26. The van der Waals surface area contributed by atoms with E-state index in [-0.39, 0.29) is 0 Å². The summed E-state index contributed by atoms with van der Waals surface area (Å²) < 4.78 is 0. The second kappa shape index (κ2) is 7.51. The summed E-state index contributed by atoms with van der Waals surface area (Å²) >= 11 is 1.98. The predicted octanol–water partition coefficient (Wildman–Crippen LogP) is 4.83. The Morgan fingerprint density at radius 2 is 1.65 bits per heavy atom. The van der Waals surface area contributed by atoms with Crippen LogP contribution >= 0.6 is 11.8 Å². The fraction of sp³-hybridized carbons (Fsp3) is 0.333. The maximum absolute atomic E-state index is 3.49. The minimum Gasteiger partial charge on any atom is -0.312 e. The van der Waals surface area contributed by atoms with Crippen LogP contribution < -0.4 is 5.32 Å². The van der Waals surface area contributed by atoms with E-state index in [2.05, 4.69) is 80.8 Å². The lowest BCUT2D eigenvalue weighted by atomic mass is 10.0. The van der Waals surface area contributed by atoms with Gasteiger partial charge in [0, 0.05) is 16.2 Å². The van der Waals surface area contributed by atoms with Crippen LogP contribution in [0.5, 0.6) is 0 Å². The van der Waals surface area contributed by atoms with Crippen LogP contribution in [0.15, 0.2) is 59.5 Å². The summed E-state index contributed by atoms with van der Waals surface area (Å²) in [4.78, 5) is 1.38. The Bertz CT molecular complexity index is 524. The zero-order valence-corrected chi connectivity index (χ0v) is 13.3. The summed E-state index contributed by atoms with van der Waals surface area (Å²) in [6, 6.07) is 19.7. The maximum atomic E-state index is 3.49. The Morgan fingerprint density at radius 1 is 1.00 bits per heavy atom. The van der Waals surface area contributed by atoms with Crippen LogP contribution in [0.1, 0.15) is 30.5 Å². The van der Waals surface area contributed by atoms with Crippen LogP contribution in [0.25, 0.3) is 0 Å². The Morgan fingerprint density at radius 3 is 2.25 bits per heavy atom. The van der Waals surface area contributed by atoms with E-state index in [1.807, 2.05) is 11.8 Å². The van der Waals surface area contributed by atoms with E-state index in [0.29, 0.717) is 11.3 Å². The van der Waals surface area contributed by atoms with E-state index >= 15 is 0 Å². The van der Waals surface area contributed by atoms with Gasteiger partial charge in [-0.2, -0.15) is 0 Å². The number of benzene rings is 2. The molecule has 0 saturated carbocycles.